The zero-order valence-electron chi connectivity index (χ0n) is 19.6. The van der Waals surface area contributed by atoms with Gasteiger partial charge in [0.1, 0.15) is 12.4 Å². The third kappa shape index (κ3) is 9.84. The number of carbonyl (C=O) groups is 1. The van der Waals surface area contributed by atoms with Crippen LogP contribution in [-0.4, -0.2) is 18.7 Å². The molecule has 2 aromatic carbocycles. The van der Waals surface area contributed by atoms with Crippen molar-refractivity contribution in [2.45, 2.75) is 26.4 Å². The highest BCUT2D eigenvalue weighted by molar-refractivity contribution is 7.13. The molecular formula is C29H32N2O2S. The van der Waals surface area contributed by atoms with Gasteiger partial charge >= 0.3 is 0 Å². The van der Waals surface area contributed by atoms with E-state index in [-0.39, 0.29) is 5.91 Å². The number of hydrogen-bond acceptors (Lipinski definition) is 4. The fourth-order valence-electron chi connectivity index (χ4n) is 2.98. The number of benzene rings is 2. The van der Waals surface area contributed by atoms with Gasteiger partial charge in [0, 0.05) is 22.5 Å². The first-order valence-electron chi connectivity index (χ1n) is 11.1. The summed E-state index contributed by atoms with van der Waals surface area (Å²) < 4.78 is 5.77. The van der Waals surface area contributed by atoms with E-state index in [0.29, 0.717) is 19.6 Å². The molecule has 0 aliphatic carbocycles. The minimum atomic E-state index is 0.0490. The fourth-order valence-corrected chi connectivity index (χ4v) is 3.94. The molecule has 0 bridgehead atoms. The Kier molecular flexibility index (Phi) is 11.9. The number of nitrogens with one attached hydrogen (secondary N) is 2. The van der Waals surface area contributed by atoms with Crippen LogP contribution >= 0.6 is 11.3 Å². The lowest BCUT2D eigenvalue weighted by molar-refractivity contribution is -0.120. The largest absolute Gasteiger partial charge is 0.489 e. The lowest BCUT2D eigenvalue weighted by atomic mass is 10.1. The van der Waals surface area contributed by atoms with E-state index in [2.05, 4.69) is 42.7 Å². The van der Waals surface area contributed by atoms with Gasteiger partial charge in [-0.15, -0.1) is 11.3 Å². The van der Waals surface area contributed by atoms with Crippen LogP contribution < -0.4 is 10.1 Å². The molecule has 3 rings (SSSR count). The van der Waals surface area contributed by atoms with Gasteiger partial charge in [-0.05, 0) is 54.3 Å². The van der Waals surface area contributed by atoms with Crippen molar-refractivity contribution in [3.8, 4) is 5.75 Å². The van der Waals surface area contributed by atoms with Crippen LogP contribution in [-0.2, 0) is 24.2 Å². The maximum Gasteiger partial charge on any atom is 0.225 e. The molecule has 5 heteroatoms. The van der Waals surface area contributed by atoms with Gasteiger partial charge in [-0.2, -0.15) is 0 Å². The summed E-state index contributed by atoms with van der Waals surface area (Å²) in [7, 11) is 0. The maximum atomic E-state index is 12.2. The van der Waals surface area contributed by atoms with Crippen molar-refractivity contribution >= 4 is 29.0 Å². The Morgan fingerprint density at radius 1 is 1.06 bits per heavy atom. The molecule has 0 saturated carbocycles. The average Bonchev–Trinajstić information content (AvgIpc) is 3.33. The highest BCUT2D eigenvalue weighted by Gasteiger charge is 2.07. The molecule has 3 aromatic rings. The normalized spacial score (nSPS) is 10.1. The minimum Gasteiger partial charge on any atom is -0.489 e. The summed E-state index contributed by atoms with van der Waals surface area (Å²) in [6.07, 6.45) is 7.72. The van der Waals surface area contributed by atoms with Crippen molar-refractivity contribution in [2.75, 3.05) is 6.54 Å². The number of para-hydroxylation sites is 1. The van der Waals surface area contributed by atoms with Crippen LogP contribution in [0.4, 0.5) is 0 Å². The first-order chi connectivity index (χ1) is 16.5. The summed E-state index contributed by atoms with van der Waals surface area (Å²) in [6, 6.07) is 22.2. The Morgan fingerprint density at radius 2 is 1.74 bits per heavy atom. The Balaban J connectivity index is 0.000000945. The predicted octanol–water partition coefficient (Wildman–Crippen LogP) is 6.64. The van der Waals surface area contributed by atoms with E-state index < -0.39 is 0 Å². The van der Waals surface area contributed by atoms with Gasteiger partial charge in [0.25, 0.3) is 0 Å². The molecule has 0 fully saturated rings. The molecule has 0 aliphatic heterocycles. The summed E-state index contributed by atoms with van der Waals surface area (Å²) >= 11 is 1.62. The number of amides is 1. The first kappa shape index (κ1) is 26.6. The first-order valence-corrected chi connectivity index (χ1v) is 11.9. The summed E-state index contributed by atoms with van der Waals surface area (Å²) in [5.74, 6) is 0.918. The molecule has 34 heavy (non-hydrogen) atoms. The lowest BCUT2D eigenvalue weighted by Crippen LogP contribution is -2.26. The van der Waals surface area contributed by atoms with Gasteiger partial charge in [0.2, 0.25) is 5.91 Å². The van der Waals surface area contributed by atoms with E-state index in [9.17, 15) is 4.79 Å². The van der Waals surface area contributed by atoms with Crippen LogP contribution in [0.1, 0.15) is 27.8 Å². The van der Waals surface area contributed by atoms with Crippen LogP contribution in [0.5, 0.6) is 5.75 Å². The van der Waals surface area contributed by atoms with Gasteiger partial charge in [0.15, 0.2) is 0 Å². The Bertz CT molecular complexity index is 1080. The van der Waals surface area contributed by atoms with Gasteiger partial charge < -0.3 is 15.5 Å². The van der Waals surface area contributed by atoms with E-state index in [0.717, 1.165) is 39.3 Å². The molecule has 0 spiro atoms. The van der Waals surface area contributed by atoms with E-state index in [1.807, 2.05) is 61.5 Å². The third-order valence-corrected chi connectivity index (χ3v) is 5.87. The molecule has 1 aromatic heterocycles. The standard InChI is InChI=1S/C26H27NO2S.C3H5N/c1-3-7-20(2)25-15-14-24(30-25)18-26(28)27-17-16-21-10-12-22(13-11-21)19-29-23-8-5-4-6-9-23;1-2-3-4/h3-15H,2,16-19H2,1H3,(H,27,28);2-4H,1H2/b7-3-;. The average molecular weight is 473 g/mol. The molecule has 0 saturated heterocycles. The Morgan fingerprint density at radius 3 is 2.38 bits per heavy atom. The molecule has 4 nitrogen and oxygen atoms in total. The number of allylic oxidation sites excluding steroid dienone is 4. The highest BCUT2D eigenvalue weighted by Crippen LogP contribution is 2.24. The number of ether oxygens (including phenoxy) is 1. The van der Waals surface area contributed by atoms with E-state index in [1.165, 1.54) is 11.6 Å². The predicted molar refractivity (Wildman–Crippen MR) is 145 cm³/mol. The zero-order chi connectivity index (χ0) is 24.6. The summed E-state index contributed by atoms with van der Waals surface area (Å²) in [5.41, 5.74) is 3.30. The number of rotatable bonds is 11. The summed E-state index contributed by atoms with van der Waals surface area (Å²) in [4.78, 5) is 14.4. The second-order valence-corrected chi connectivity index (χ2v) is 8.56. The maximum absolute atomic E-state index is 12.2. The van der Waals surface area contributed by atoms with Crippen molar-refractivity contribution in [3.05, 3.63) is 119 Å². The molecule has 0 aliphatic rings. The second-order valence-electron chi connectivity index (χ2n) is 7.39. The highest BCUT2D eigenvalue weighted by atomic mass is 32.1. The smallest absolute Gasteiger partial charge is 0.225 e. The monoisotopic (exact) mass is 472 g/mol. The van der Waals surface area contributed by atoms with E-state index in [4.69, 9.17) is 10.1 Å². The van der Waals surface area contributed by atoms with Crippen LogP contribution in [0.25, 0.3) is 5.57 Å². The quantitative estimate of drug-likeness (QED) is 0.243. The van der Waals surface area contributed by atoms with Gasteiger partial charge in [-0.3, -0.25) is 4.79 Å². The van der Waals surface area contributed by atoms with Gasteiger partial charge in [-0.1, -0.05) is 73.9 Å². The van der Waals surface area contributed by atoms with Crippen LogP contribution in [0.3, 0.4) is 0 Å². The van der Waals surface area contributed by atoms with Crippen molar-refractivity contribution in [2.24, 2.45) is 0 Å². The van der Waals surface area contributed by atoms with Gasteiger partial charge in [-0.25, -0.2) is 0 Å². The molecule has 2 N–H and O–H groups in total. The molecule has 0 atom stereocenters. The molecule has 0 radical (unpaired) electrons. The third-order valence-electron chi connectivity index (χ3n) is 4.71. The van der Waals surface area contributed by atoms with E-state index >= 15 is 0 Å². The molecule has 0 unspecified atom stereocenters. The minimum absolute atomic E-state index is 0.0490. The van der Waals surface area contributed by atoms with Crippen LogP contribution in [0, 0.1) is 5.41 Å². The Labute approximate surface area is 206 Å². The second kappa shape index (κ2) is 15.2. The zero-order valence-corrected chi connectivity index (χ0v) is 20.4. The van der Waals surface area contributed by atoms with Crippen LogP contribution in [0.2, 0.25) is 0 Å². The number of hydrogen-bond donors (Lipinski definition) is 2. The van der Waals surface area contributed by atoms with Crippen molar-refractivity contribution < 1.29 is 9.53 Å². The topological polar surface area (TPSA) is 62.2 Å². The van der Waals surface area contributed by atoms with E-state index in [1.54, 1.807) is 11.3 Å². The van der Waals surface area contributed by atoms with Crippen molar-refractivity contribution in [3.63, 3.8) is 0 Å². The van der Waals surface area contributed by atoms with Crippen molar-refractivity contribution in [1.29, 1.82) is 5.41 Å². The molecule has 1 heterocycles. The fraction of sp³-hybridized carbons (Fsp3) is 0.172. The molecule has 1 amide bonds. The summed E-state index contributed by atoms with van der Waals surface area (Å²) in [5, 5.41) is 9.22. The number of thiophene rings is 1. The molecule has 176 valence electrons. The van der Waals surface area contributed by atoms with Crippen LogP contribution in [0.15, 0.2) is 98.1 Å². The van der Waals surface area contributed by atoms with Gasteiger partial charge in [0.05, 0.1) is 6.42 Å². The SMILES string of the molecule is C=C(/C=C\C)c1ccc(CC(=O)NCCc2ccc(COc3ccccc3)cc2)s1.C=CC=N. The summed E-state index contributed by atoms with van der Waals surface area (Å²) in [6.45, 7) is 10.4. The Hall–Kier alpha value is -3.70. The molecular weight excluding hydrogens is 440 g/mol. The number of carbonyl (C=O) groups excluding carboxylic acids is 1. The lowest BCUT2D eigenvalue weighted by Gasteiger charge is -2.08. The van der Waals surface area contributed by atoms with Crippen molar-refractivity contribution in [1.82, 2.24) is 5.32 Å².